The number of hydrogen-bond acceptors (Lipinski definition) is 9. The van der Waals surface area contributed by atoms with Crippen molar-refractivity contribution in [1.29, 1.82) is 0 Å². The second-order valence-electron chi connectivity index (χ2n) is 8.46. The zero-order chi connectivity index (χ0) is 26.9. The zero-order valence-electron chi connectivity index (χ0n) is 20.1. The van der Waals surface area contributed by atoms with E-state index < -0.39 is 40.9 Å². The average molecular weight is 521 g/mol. The molecule has 0 spiro atoms. The number of hydrogen-bond donors (Lipinski definition) is 1. The number of aromatic nitrogens is 4. The number of anilines is 2. The summed E-state index contributed by atoms with van der Waals surface area (Å²) in [7, 11) is 3.04. The Hall–Kier alpha value is -4.07. The lowest BCUT2D eigenvalue weighted by Gasteiger charge is -2.33. The maximum absolute atomic E-state index is 14.8. The Morgan fingerprint density at radius 3 is 2.62 bits per heavy atom. The van der Waals surface area contributed by atoms with E-state index in [1.54, 1.807) is 4.90 Å². The molecular weight excluding hydrogens is 498 g/mol. The molecule has 1 aromatic carbocycles. The molecule has 3 aromatic rings. The van der Waals surface area contributed by atoms with Crippen molar-refractivity contribution in [2.45, 2.75) is 19.1 Å². The van der Waals surface area contributed by atoms with E-state index in [0.29, 0.717) is 25.8 Å². The Bertz CT molecular complexity index is 1320. The van der Waals surface area contributed by atoms with Crippen molar-refractivity contribution in [1.82, 2.24) is 24.8 Å². The molecule has 1 aliphatic heterocycles. The third-order valence-electron chi connectivity index (χ3n) is 5.49. The van der Waals surface area contributed by atoms with Crippen molar-refractivity contribution < 1.29 is 31.8 Å². The van der Waals surface area contributed by atoms with Crippen molar-refractivity contribution >= 4 is 17.7 Å². The van der Waals surface area contributed by atoms with Gasteiger partial charge in [-0.2, -0.15) is 28.1 Å². The second kappa shape index (κ2) is 10.1. The van der Waals surface area contributed by atoms with Crippen LogP contribution in [0.5, 0.6) is 11.8 Å². The third kappa shape index (κ3) is 5.69. The van der Waals surface area contributed by atoms with Crippen molar-refractivity contribution in [3.63, 3.8) is 0 Å². The van der Waals surface area contributed by atoms with Gasteiger partial charge in [-0.15, -0.1) is 0 Å². The minimum Gasteiger partial charge on any atom is -0.421 e. The van der Waals surface area contributed by atoms with E-state index in [0.717, 1.165) is 12.3 Å². The van der Waals surface area contributed by atoms with Crippen LogP contribution in [0.3, 0.4) is 0 Å². The van der Waals surface area contributed by atoms with Crippen molar-refractivity contribution in [2.75, 3.05) is 44.5 Å². The van der Waals surface area contributed by atoms with Gasteiger partial charge in [0.2, 0.25) is 5.95 Å². The number of alkyl halides is 3. The number of nitrogens with zero attached hydrogens (tertiary/aromatic N) is 6. The summed E-state index contributed by atoms with van der Waals surface area (Å²) in [4.78, 5) is 31.4. The Morgan fingerprint density at radius 1 is 1.22 bits per heavy atom. The fourth-order valence-corrected chi connectivity index (χ4v) is 3.62. The summed E-state index contributed by atoms with van der Waals surface area (Å²) in [6, 6.07) is 3.55. The fourth-order valence-electron chi connectivity index (χ4n) is 3.62. The van der Waals surface area contributed by atoms with E-state index in [2.05, 4.69) is 19.9 Å². The topological polar surface area (TPSA) is 120 Å². The van der Waals surface area contributed by atoms with Gasteiger partial charge in [-0.3, -0.25) is 4.79 Å². The Balaban J connectivity index is 1.80. The van der Waals surface area contributed by atoms with Crippen molar-refractivity contribution in [3.05, 3.63) is 47.4 Å². The molecule has 3 heterocycles. The molecule has 2 N–H and O–H groups in total. The highest BCUT2D eigenvalue weighted by molar-refractivity contribution is 5.94. The molecule has 0 bridgehead atoms. The van der Waals surface area contributed by atoms with Gasteiger partial charge in [0.15, 0.2) is 17.4 Å². The SMILES string of the molecule is C[C@H]1COCCN1c1nc(Oc2ccc(C(=O)N(C)C)cc2F)nc(-c2cnc(N)cc2C(F)(F)F)n1. The van der Waals surface area contributed by atoms with Crippen LogP contribution in [0, 0.1) is 5.82 Å². The zero-order valence-corrected chi connectivity index (χ0v) is 20.1. The maximum atomic E-state index is 14.8. The number of amides is 1. The number of nitrogen functional groups attached to an aromatic ring is 1. The number of benzene rings is 1. The van der Waals surface area contributed by atoms with Crippen LogP contribution in [-0.2, 0) is 10.9 Å². The molecule has 1 atom stereocenters. The normalized spacial score (nSPS) is 16.0. The molecule has 14 heteroatoms. The lowest BCUT2D eigenvalue weighted by molar-refractivity contribution is -0.137. The first-order chi connectivity index (χ1) is 17.4. The molecule has 0 unspecified atom stereocenters. The van der Waals surface area contributed by atoms with Gasteiger partial charge in [-0.25, -0.2) is 9.37 Å². The molecule has 1 saturated heterocycles. The van der Waals surface area contributed by atoms with Crippen LogP contribution >= 0.6 is 0 Å². The average Bonchev–Trinajstić information content (AvgIpc) is 2.84. The first-order valence-corrected chi connectivity index (χ1v) is 11.1. The van der Waals surface area contributed by atoms with E-state index in [9.17, 15) is 22.4 Å². The maximum Gasteiger partial charge on any atom is 0.417 e. The lowest BCUT2D eigenvalue weighted by atomic mass is 10.1. The largest absolute Gasteiger partial charge is 0.421 e. The molecule has 0 radical (unpaired) electrons. The van der Waals surface area contributed by atoms with Gasteiger partial charge in [-0.05, 0) is 31.2 Å². The summed E-state index contributed by atoms with van der Waals surface area (Å²) in [5.74, 6) is -2.36. The number of pyridine rings is 1. The number of carbonyl (C=O) groups excluding carboxylic acids is 1. The smallest absolute Gasteiger partial charge is 0.417 e. The highest BCUT2D eigenvalue weighted by Crippen LogP contribution is 2.37. The summed E-state index contributed by atoms with van der Waals surface area (Å²) in [5.41, 5.74) is 4.01. The minimum atomic E-state index is -4.78. The first kappa shape index (κ1) is 26.0. The molecule has 1 amide bonds. The number of carbonyl (C=O) groups is 1. The van der Waals surface area contributed by atoms with E-state index in [4.69, 9.17) is 15.2 Å². The molecule has 0 aliphatic carbocycles. The van der Waals surface area contributed by atoms with Gasteiger partial charge >= 0.3 is 12.2 Å². The minimum absolute atomic E-state index is 0.0144. The van der Waals surface area contributed by atoms with Gasteiger partial charge in [0.25, 0.3) is 5.91 Å². The first-order valence-electron chi connectivity index (χ1n) is 11.1. The molecule has 37 heavy (non-hydrogen) atoms. The number of morpholine rings is 1. The van der Waals surface area contributed by atoms with Crippen LogP contribution in [0.4, 0.5) is 29.3 Å². The van der Waals surface area contributed by atoms with Crippen LogP contribution < -0.4 is 15.4 Å². The summed E-state index contributed by atoms with van der Waals surface area (Å²) < 4.78 is 67.1. The van der Waals surface area contributed by atoms with Crippen LogP contribution in [0.25, 0.3) is 11.4 Å². The Morgan fingerprint density at radius 2 is 1.97 bits per heavy atom. The second-order valence-corrected chi connectivity index (χ2v) is 8.46. The van der Waals surface area contributed by atoms with E-state index in [-0.39, 0.29) is 29.1 Å². The number of nitrogens with two attached hydrogens (primary N) is 1. The highest BCUT2D eigenvalue weighted by atomic mass is 19.4. The predicted molar refractivity (Wildman–Crippen MR) is 125 cm³/mol. The monoisotopic (exact) mass is 521 g/mol. The molecule has 196 valence electrons. The Kier molecular flexibility index (Phi) is 7.12. The lowest BCUT2D eigenvalue weighted by Crippen LogP contribution is -2.44. The van der Waals surface area contributed by atoms with Crippen LogP contribution in [0.15, 0.2) is 30.5 Å². The highest BCUT2D eigenvalue weighted by Gasteiger charge is 2.36. The van der Waals surface area contributed by atoms with E-state index in [1.165, 1.54) is 31.1 Å². The number of halogens is 4. The summed E-state index contributed by atoms with van der Waals surface area (Å²) in [6.45, 7) is 2.86. The molecule has 4 rings (SSSR count). The fraction of sp³-hybridized carbons (Fsp3) is 0.348. The molecule has 1 fully saturated rings. The molecule has 1 aliphatic rings. The quantitative estimate of drug-likeness (QED) is 0.504. The predicted octanol–water partition coefficient (Wildman–Crippen LogP) is 3.39. The van der Waals surface area contributed by atoms with Gasteiger partial charge in [0.05, 0.1) is 30.4 Å². The number of rotatable bonds is 5. The van der Waals surface area contributed by atoms with Gasteiger partial charge in [0.1, 0.15) is 5.82 Å². The summed E-state index contributed by atoms with van der Waals surface area (Å²) in [6.07, 6.45) is -3.88. The molecule has 2 aromatic heterocycles. The third-order valence-corrected chi connectivity index (χ3v) is 5.49. The standard InChI is InChI=1S/C23H23F4N7O3/c1-12-11-36-7-6-34(12)21-30-19(14-10-29-18(28)9-15(14)23(25,26)27)31-22(32-21)37-17-5-4-13(8-16(17)24)20(35)33(2)3/h4-5,8-10,12H,6-7,11H2,1-3H3,(H2,28,29)/t12-/m0/s1. The molecular formula is C23H23F4N7O3. The van der Waals surface area contributed by atoms with Crippen LogP contribution in [0.1, 0.15) is 22.8 Å². The van der Waals surface area contributed by atoms with Crippen LogP contribution in [0.2, 0.25) is 0 Å². The van der Waals surface area contributed by atoms with Crippen molar-refractivity contribution in [3.8, 4) is 23.1 Å². The summed E-state index contributed by atoms with van der Waals surface area (Å²) in [5, 5.41) is 0. The molecule has 10 nitrogen and oxygen atoms in total. The van der Waals surface area contributed by atoms with Crippen molar-refractivity contribution in [2.24, 2.45) is 0 Å². The van der Waals surface area contributed by atoms with E-state index in [1.807, 2.05) is 6.92 Å². The van der Waals surface area contributed by atoms with Gasteiger partial charge < -0.3 is 25.0 Å². The summed E-state index contributed by atoms with van der Waals surface area (Å²) >= 11 is 0. The van der Waals surface area contributed by atoms with E-state index >= 15 is 0 Å². The Labute approximate surface area is 209 Å². The van der Waals surface area contributed by atoms with Gasteiger partial charge in [-0.1, -0.05) is 0 Å². The van der Waals surface area contributed by atoms with Gasteiger partial charge in [0, 0.05) is 32.4 Å². The molecule has 0 saturated carbocycles. The van der Waals surface area contributed by atoms with Crippen LogP contribution in [-0.4, -0.2) is 70.6 Å². The number of ether oxygens (including phenoxy) is 2.